The first-order valence-electron chi connectivity index (χ1n) is 10.7. The fourth-order valence-corrected chi connectivity index (χ4v) is 4.67. The molecule has 6 heteroatoms. The van der Waals surface area contributed by atoms with E-state index in [1.165, 1.54) is 0 Å². The van der Waals surface area contributed by atoms with Crippen molar-refractivity contribution in [3.63, 3.8) is 0 Å². The molecule has 0 N–H and O–H groups in total. The molecule has 2 aliphatic rings. The number of aromatic nitrogens is 2. The van der Waals surface area contributed by atoms with Crippen LogP contribution in [-0.4, -0.2) is 52.0 Å². The molecule has 4 rings (SSSR count). The lowest BCUT2D eigenvalue weighted by atomic mass is 9.89. The molecule has 1 aromatic carbocycles. The SMILES string of the molecule is Cc1nn(C)c(C)c1/C=C/C(=O)N1CC[C@@H]2O[C@@](C)(COc3ccccc3)C[C@@H]2C1. The molecule has 0 unspecified atom stereocenters. The largest absolute Gasteiger partial charge is 0.491 e. The quantitative estimate of drug-likeness (QED) is 0.709. The monoisotopic (exact) mass is 409 g/mol. The van der Waals surface area contributed by atoms with Crippen molar-refractivity contribution in [1.82, 2.24) is 14.7 Å². The number of hydrogen-bond donors (Lipinski definition) is 0. The highest BCUT2D eigenvalue weighted by Gasteiger charge is 2.46. The summed E-state index contributed by atoms with van der Waals surface area (Å²) in [5, 5.41) is 4.41. The minimum Gasteiger partial charge on any atom is -0.491 e. The normalized spacial score (nSPS) is 26.2. The van der Waals surface area contributed by atoms with Gasteiger partial charge >= 0.3 is 0 Å². The molecule has 2 fully saturated rings. The molecule has 0 radical (unpaired) electrons. The van der Waals surface area contributed by atoms with Gasteiger partial charge < -0.3 is 14.4 Å². The third-order valence-corrected chi connectivity index (χ3v) is 6.35. The number of carbonyl (C=O) groups is 1. The molecule has 30 heavy (non-hydrogen) atoms. The van der Waals surface area contributed by atoms with Gasteiger partial charge in [-0.25, -0.2) is 0 Å². The molecule has 6 nitrogen and oxygen atoms in total. The van der Waals surface area contributed by atoms with Crippen molar-refractivity contribution < 1.29 is 14.3 Å². The van der Waals surface area contributed by atoms with Gasteiger partial charge in [-0.3, -0.25) is 9.48 Å². The summed E-state index contributed by atoms with van der Waals surface area (Å²) in [6, 6.07) is 9.84. The number of aryl methyl sites for hydroxylation is 2. The predicted octanol–water partition coefficient (Wildman–Crippen LogP) is 3.53. The standard InChI is InChI=1S/C24H31N3O3/c1-17-21(18(2)26(4)25-17)10-11-23(28)27-13-12-22-19(15-27)14-24(3,30-22)16-29-20-8-6-5-7-9-20/h5-11,19,22H,12-16H2,1-4H3/b11-10+/t19-,22+,24-/m1/s1. The number of nitrogens with zero attached hydrogens (tertiary/aromatic N) is 3. The first-order chi connectivity index (χ1) is 14.3. The Bertz CT molecular complexity index is 937. The second-order valence-corrected chi connectivity index (χ2v) is 8.79. The zero-order valence-corrected chi connectivity index (χ0v) is 18.3. The highest BCUT2D eigenvalue weighted by molar-refractivity contribution is 5.92. The minimum atomic E-state index is -0.315. The number of carbonyl (C=O) groups excluding carboxylic acids is 1. The van der Waals surface area contributed by atoms with Crippen LogP contribution in [0.1, 0.15) is 36.7 Å². The van der Waals surface area contributed by atoms with Crippen LogP contribution in [0.5, 0.6) is 5.75 Å². The molecular formula is C24H31N3O3. The van der Waals surface area contributed by atoms with Crippen LogP contribution < -0.4 is 4.74 Å². The summed E-state index contributed by atoms with van der Waals surface area (Å²) in [4.78, 5) is 14.8. The van der Waals surface area contributed by atoms with Crippen LogP contribution in [0.25, 0.3) is 6.08 Å². The number of likely N-dealkylation sites (tertiary alicyclic amines) is 1. The summed E-state index contributed by atoms with van der Waals surface area (Å²) in [5.41, 5.74) is 2.71. The van der Waals surface area contributed by atoms with E-state index >= 15 is 0 Å². The molecule has 3 heterocycles. The van der Waals surface area contributed by atoms with Crippen molar-refractivity contribution >= 4 is 12.0 Å². The zero-order valence-electron chi connectivity index (χ0n) is 18.3. The third kappa shape index (κ3) is 4.29. The molecule has 1 aromatic heterocycles. The Hall–Kier alpha value is -2.60. The number of para-hydroxylation sites is 1. The molecule has 0 bridgehead atoms. The molecule has 3 atom stereocenters. The van der Waals surface area contributed by atoms with Crippen molar-refractivity contribution in [2.24, 2.45) is 13.0 Å². The first kappa shape index (κ1) is 20.7. The van der Waals surface area contributed by atoms with E-state index < -0.39 is 0 Å². The Labute approximate surface area is 178 Å². The van der Waals surface area contributed by atoms with Gasteiger partial charge in [0.25, 0.3) is 0 Å². The molecule has 0 saturated carbocycles. The Morgan fingerprint density at radius 3 is 2.80 bits per heavy atom. The van der Waals surface area contributed by atoms with E-state index in [4.69, 9.17) is 9.47 Å². The summed E-state index contributed by atoms with van der Waals surface area (Å²) in [6.45, 7) is 8.09. The van der Waals surface area contributed by atoms with Crippen LogP contribution in [0.15, 0.2) is 36.4 Å². The van der Waals surface area contributed by atoms with E-state index in [0.717, 1.165) is 48.6 Å². The molecule has 0 spiro atoms. The molecule has 1 amide bonds. The van der Waals surface area contributed by atoms with E-state index in [-0.39, 0.29) is 17.6 Å². The highest BCUT2D eigenvalue weighted by Crippen LogP contribution is 2.39. The summed E-state index contributed by atoms with van der Waals surface area (Å²) >= 11 is 0. The molecule has 0 aliphatic carbocycles. The van der Waals surface area contributed by atoms with E-state index in [1.807, 2.05) is 66.9 Å². The number of amides is 1. The third-order valence-electron chi connectivity index (χ3n) is 6.35. The molecule has 160 valence electrons. The summed E-state index contributed by atoms with van der Waals surface area (Å²) in [6.07, 6.45) is 5.56. The van der Waals surface area contributed by atoms with Gasteiger partial charge in [0.1, 0.15) is 18.0 Å². The van der Waals surface area contributed by atoms with Crippen LogP contribution >= 0.6 is 0 Å². The number of piperidine rings is 1. The topological polar surface area (TPSA) is 56.6 Å². The maximum atomic E-state index is 12.8. The Balaban J connectivity index is 1.35. The van der Waals surface area contributed by atoms with Crippen LogP contribution in [0, 0.1) is 19.8 Å². The van der Waals surface area contributed by atoms with Crippen molar-refractivity contribution in [2.75, 3.05) is 19.7 Å². The second-order valence-electron chi connectivity index (χ2n) is 8.79. The van der Waals surface area contributed by atoms with Crippen molar-refractivity contribution in [3.05, 3.63) is 53.4 Å². The first-order valence-corrected chi connectivity index (χ1v) is 10.7. The number of hydrogen-bond acceptors (Lipinski definition) is 4. The van der Waals surface area contributed by atoms with Gasteiger partial charge in [-0.1, -0.05) is 18.2 Å². The van der Waals surface area contributed by atoms with Crippen molar-refractivity contribution in [2.45, 2.75) is 45.3 Å². The zero-order chi connectivity index (χ0) is 21.3. The van der Waals surface area contributed by atoms with Crippen LogP contribution in [0.4, 0.5) is 0 Å². The van der Waals surface area contributed by atoms with Gasteiger partial charge in [-0.05, 0) is 51.8 Å². The maximum absolute atomic E-state index is 12.8. The van der Waals surface area contributed by atoms with Crippen molar-refractivity contribution in [3.8, 4) is 5.75 Å². The van der Waals surface area contributed by atoms with Gasteiger partial charge in [-0.2, -0.15) is 5.10 Å². The van der Waals surface area contributed by atoms with E-state index in [0.29, 0.717) is 12.5 Å². The molecule has 2 saturated heterocycles. The maximum Gasteiger partial charge on any atom is 0.246 e. The lowest BCUT2D eigenvalue weighted by Crippen LogP contribution is -2.43. The lowest BCUT2D eigenvalue weighted by molar-refractivity contribution is -0.129. The molecular weight excluding hydrogens is 378 g/mol. The molecule has 2 aliphatic heterocycles. The Kier molecular flexibility index (Phi) is 5.69. The average Bonchev–Trinajstić information content (AvgIpc) is 3.20. The van der Waals surface area contributed by atoms with Crippen LogP contribution in [0.2, 0.25) is 0 Å². The summed E-state index contributed by atoms with van der Waals surface area (Å²) in [7, 11) is 1.92. The second kappa shape index (κ2) is 8.26. The number of ether oxygens (including phenoxy) is 2. The smallest absolute Gasteiger partial charge is 0.246 e. The Morgan fingerprint density at radius 1 is 1.33 bits per heavy atom. The fourth-order valence-electron chi connectivity index (χ4n) is 4.67. The van der Waals surface area contributed by atoms with Gasteiger partial charge in [0, 0.05) is 43.4 Å². The van der Waals surface area contributed by atoms with Crippen molar-refractivity contribution in [1.29, 1.82) is 0 Å². The number of fused-ring (bicyclic) bond motifs is 1. The fraction of sp³-hybridized carbons (Fsp3) is 0.500. The molecule has 2 aromatic rings. The van der Waals surface area contributed by atoms with Gasteiger partial charge in [-0.15, -0.1) is 0 Å². The Morgan fingerprint density at radius 2 is 2.10 bits per heavy atom. The lowest BCUT2D eigenvalue weighted by Gasteiger charge is -2.33. The van der Waals surface area contributed by atoms with Gasteiger partial charge in [0.2, 0.25) is 5.91 Å². The van der Waals surface area contributed by atoms with Gasteiger partial charge in [0.15, 0.2) is 0 Å². The average molecular weight is 410 g/mol. The number of rotatable bonds is 5. The predicted molar refractivity (Wildman–Crippen MR) is 116 cm³/mol. The van der Waals surface area contributed by atoms with Crippen LogP contribution in [-0.2, 0) is 16.6 Å². The van der Waals surface area contributed by atoms with Gasteiger partial charge in [0.05, 0.1) is 11.8 Å². The highest BCUT2D eigenvalue weighted by atomic mass is 16.6. The van der Waals surface area contributed by atoms with E-state index in [9.17, 15) is 4.79 Å². The van der Waals surface area contributed by atoms with Crippen LogP contribution in [0.3, 0.4) is 0 Å². The summed E-state index contributed by atoms with van der Waals surface area (Å²) in [5.74, 6) is 1.27. The number of benzene rings is 1. The van der Waals surface area contributed by atoms with E-state index in [2.05, 4.69) is 12.0 Å². The summed E-state index contributed by atoms with van der Waals surface area (Å²) < 4.78 is 14.2. The van der Waals surface area contributed by atoms with E-state index in [1.54, 1.807) is 6.08 Å². The minimum absolute atomic E-state index is 0.0604.